The third kappa shape index (κ3) is 3.43. The fourth-order valence-electron chi connectivity index (χ4n) is 1.22. The van der Waals surface area contributed by atoms with Gasteiger partial charge in [0.25, 0.3) is 5.69 Å². The zero-order valence-electron chi connectivity index (χ0n) is 9.64. The molecule has 1 N–H and O–H groups in total. The first-order valence-electron chi connectivity index (χ1n) is 5.03. The summed E-state index contributed by atoms with van der Waals surface area (Å²) < 4.78 is 5.38. The number of nitrogens with zero attached hydrogens (tertiary/aromatic N) is 2. The Morgan fingerprint density at radius 3 is 2.88 bits per heavy atom. The number of nitriles is 1. The van der Waals surface area contributed by atoms with Crippen LogP contribution in [0.5, 0.6) is 5.75 Å². The lowest BCUT2D eigenvalue weighted by molar-refractivity contribution is -0.384. The monoisotopic (exact) mass is 235 g/mol. The van der Waals surface area contributed by atoms with E-state index in [2.05, 4.69) is 5.32 Å². The highest BCUT2D eigenvalue weighted by Gasteiger charge is 2.11. The maximum Gasteiger partial charge on any atom is 0.273 e. The van der Waals surface area contributed by atoms with Gasteiger partial charge in [0.1, 0.15) is 18.4 Å². The second kappa shape index (κ2) is 5.82. The van der Waals surface area contributed by atoms with Crippen LogP contribution in [0.3, 0.4) is 0 Å². The standard InChI is InChI=1S/C11H13N3O3/c1-8-3-4-10(14(15)16)5-11(8)17-7-9(6-12)13-2/h3-5,9,13H,7H2,1-2H3. The van der Waals surface area contributed by atoms with Crippen LogP contribution in [0.25, 0.3) is 0 Å². The van der Waals surface area contributed by atoms with Gasteiger partial charge in [-0.25, -0.2) is 0 Å². The maximum absolute atomic E-state index is 10.6. The van der Waals surface area contributed by atoms with Gasteiger partial charge in [0, 0.05) is 6.07 Å². The first-order valence-corrected chi connectivity index (χ1v) is 5.03. The van der Waals surface area contributed by atoms with Gasteiger partial charge in [0.05, 0.1) is 17.1 Å². The summed E-state index contributed by atoms with van der Waals surface area (Å²) in [5, 5.41) is 22.1. The molecule has 1 atom stereocenters. The number of non-ortho nitro benzene ring substituents is 1. The molecule has 0 bridgehead atoms. The minimum absolute atomic E-state index is 0.0245. The highest BCUT2D eigenvalue weighted by atomic mass is 16.6. The van der Waals surface area contributed by atoms with Gasteiger partial charge in [-0.15, -0.1) is 0 Å². The number of ether oxygens (including phenoxy) is 1. The van der Waals surface area contributed by atoms with Crippen molar-refractivity contribution in [2.75, 3.05) is 13.7 Å². The topological polar surface area (TPSA) is 88.2 Å². The van der Waals surface area contributed by atoms with Gasteiger partial charge in [-0.2, -0.15) is 5.26 Å². The van der Waals surface area contributed by atoms with Crippen molar-refractivity contribution in [3.8, 4) is 11.8 Å². The molecule has 0 saturated heterocycles. The Kier molecular flexibility index (Phi) is 4.43. The van der Waals surface area contributed by atoms with Gasteiger partial charge in [0.2, 0.25) is 0 Å². The first-order chi connectivity index (χ1) is 8.08. The van der Waals surface area contributed by atoms with Crippen LogP contribution in [0.1, 0.15) is 5.56 Å². The van der Waals surface area contributed by atoms with E-state index in [1.807, 2.05) is 6.07 Å². The summed E-state index contributed by atoms with van der Waals surface area (Å²) in [5.41, 5.74) is 0.770. The predicted octanol–water partition coefficient (Wildman–Crippen LogP) is 1.39. The van der Waals surface area contributed by atoms with Crippen molar-refractivity contribution in [1.82, 2.24) is 5.32 Å². The van der Waals surface area contributed by atoms with Gasteiger partial charge in [-0.3, -0.25) is 10.1 Å². The van der Waals surface area contributed by atoms with Crippen molar-refractivity contribution in [1.29, 1.82) is 5.26 Å². The minimum Gasteiger partial charge on any atom is -0.490 e. The second-order valence-electron chi connectivity index (χ2n) is 3.49. The van der Waals surface area contributed by atoms with E-state index in [1.165, 1.54) is 12.1 Å². The van der Waals surface area contributed by atoms with Gasteiger partial charge < -0.3 is 10.1 Å². The highest BCUT2D eigenvalue weighted by Crippen LogP contribution is 2.23. The molecular weight excluding hydrogens is 222 g/mol. The van der Waals surface area contributed by atoms with Crippen molar-refractivity contribution < 1.29 is 9.66 Å². The number of benzene rings is 1. The van der Waals surface area contributed by atoms with Crippen molar-refractivity contribution in [3.63, 3.8) is 0 Å². The van der Waals surface area contributed by atoms with E-state index >= 15 is 0 Å². The zero-order valence-corrected chi connectivity index (χ0v) is 9.64. The smallest absolute Gasteiger partial charge is 0.273 e. The molecule has 0 radical (unpaired) electrons. The Bertz CT molecular complexity index is 454. The largest absolute Gasteiger partial charge is 0.490 e. The minimum atomic E-state index is -0.480. The maximum atomic E-state index is 10.6. The van der Waals surface area contributed by atoms with E-state index in [4.69, 9.17) is 10.00 Å². The first kappa shape index (κ1) is 12.9. The summed E-state index contributed by atoms with van der Waals surface area (Å²) in [6, 6.07) is 5.97. The number of hydrogen-bond acceptors (Lipinski definition) is 5. The van der Waals surface area contributed by atoms with E-state index in [1.54, 1.807) is 20.0 Å². The molecular formula is C11H13N3O3. The molecule has 6 nitrogen and oxygen atoms in total. The number of rotatable bonds is 5. The SMILES string of the molecule is CNC(C#N)COc1cc([N+](=O)[O-])ccc1C. The molecule has 6 heteroatoms. The van der Waals surface area contributed by atoms with E-state index in [9.17, 15) is 10.1 Å². The summed E-state index contributed by atoms with van der Waals surface area (Å²) in [6.07, 6.45) is 0. The van der Waals surface area contributed by atoms with Crippen molar-refractivity contribution in [3.05, 3.63) is 33.9 Å². The van der Waals surface area contributed by atoms with E-state index < -0.39 is 11.0 Å². The molecule has 1 unspecified atom stereocenters. The number of hydrogen-bond donors (Lipinski definition) is 1. The Balaban J connectivity index is 2.80. The molecule has 0 aliphatic heterocycles. The molecule has 0 fully saturated rings. The quantitative estimate of drug-likeness (QED) is 0.615. The third-order valence-electron chi connectivity index (χ3n) is 2.29. The molecule has 0 spiro atoms. The Morgan fingerprint density at radius 2 is 2.35 bits per heavy atom. The van der Waals surface area contributed by atoms with E-state index in [0.717, 1.165) is 5.56 Å². The van der Waals surface area contributed by atoms with Crippen LogP contribution < -0.4 is 10.1 Å². The summed E-state index contributed by atoms with van der Waals surface area (Å²) in [7, 11) is 1.65. The molecule has 0 saturated carbocycles. The average molecular weight is 235 g/mol. The number of nitro benzene ring substituents is 1. The molecule has 17 heavy (non-hydrogen) atoms. The lowest BCUT2D eigenvalue weighted by atomic mass is 10.2. The summed E-state index contributed by atoms with van der Waals surface area (Å²) in [4.78, 5) is 10.1. The van der Waals surface area contributed by atoms with Gasteiger partial charge >= 0.3 is 0 Å². The van der Waals surface area contributed by atoms with Crippen LogP contribution in [-0.4, -0.2) is 24.6 Å². The molecule has 1 rings (SSSR count). The summed E-state index contributed by atoms with van der Waals surface area (Å²) >= 11 is 0. The van der Waals surface area contributed by atoms with Crippen LogP contribution in [-0.2, 0) is 0 Å². The van der Waals surface area contributed by atoms with Crippen LogP contribution in [0, 0.1) is 28.4 Å². The van der Waals surface area contributed by atoms with Gasteiger partial charge in [-0.05, 0) is 25.6 Å². The molecule has 0 aliphatic rings. The number of aryl methyl sites for hydroxylation is 1. The number of nitro groups is 1. The molecule has 0 amide bonds. The van der Waals surface area contributed by atoms with Crippen LogP contribution in [0.2, 0.25) is 0 Å². The zero-order chi connectivity index (χ0) is 12.8. The van der Waals surface area contributed by atoms with Crippen LogP contribution >= 0.6 is 0 Å². The fourth-order valence-corrected chi connectivity index (χ4v) is 1.22. The second-order valence-corrected chi connectivity index (χ2v) is 3.49. The van der Waals surface area contributed by atoms with Crippen LogP contribution in [0.15, 0.2) is 18.2 Å². The Hall–Kier alpha value is -2.13. The summed E-state index contributed by atoms with van der Waals surface area (Å²) in [6.45, 7) is 1.94. The molecule has 90 valence electrons. The average Bonchev–Trinajstić information content (AvgIpc) is 2.32. The van der Waals surface area contributed by atoms with Gasteiger partial charge in [-0.1, -0.05) is 0 Å². The van der Waals surface area contributed by atoms with E-state index in [0.29, 0.717) is 5.75 Å². The summed E-state index contributed by atoms with van der Waals surface area (Å²) in [5.74, 6) is 0.426. The van der Waals surface area contributed by atoms with Gasteiger partial charge in [0.15, 0.2) is 0 Å². The number of nitrogens with one attached hydrogen (secondary N) is 1. The van der Waals surface area contributed by atoms with Crippen molar-refractivity contribution in [2.45, 2.75) is 13.0 Å². The highest BCUT2D eigenvalue weighted by molar-refractivity contribution is 5.43. The van der Waals surface area contributed by atoms with Crippen LogP contribution in [0.4, 0.5) is 5.69 Å². The van der Waals surface area contributed by atoms with E-state index in [-0.39, 0.29) is 12.3 Å². The van der Waals surface area contributed by atoms with Crippen molar-refractivity contribution >= 4 is 5.69 Å². The molecule has 0 aromatic heterocycles. The molecule has 0 heterocycles. The molecule has 0 aliphatic carbocycles. The molecule has 1 aromatic carbocycles. The number of likely N-dealkylation sites (N-methyl/N-ethyl adjacent to an activating group) is 1. The molecule has 1 aromatic rings. The predicted molar refractivity (Wildman–Crippen MR) is 61.8 cm³/mol. The lowest BCUT2D eigenvalue weighted by Crippen LogP contribution is -2.30. The third-order valence-corrected chi connectivity index (χ3v) is 2.29. The van der Waals surface area contributed by atoms with Crippen molar-refractivity contribution in [2.24, 2.45) is 0 Å². The Labute approximate surface area is 99.0 Å². The Morgan fingerprint density at radius 1 is 1.65 bits per heavy atom. The fraction of sp³-hybridized carbons (Fsp3) is 0.364. The normalized spacial score (nSPS) is 11.6. The lowest BCUT2D eigenvalue weighted by Gasteiger charge is -2.11.